The summed E-state index contributed by atoms with van der Waals surface area (Å²) >= 11 is 0. The third kappa shape index (κ3) is 5.95. The zero-order valence-electron chi connectivity index (χ0n) is 12.9. The molecule has 120 valence electrons. The van der Waals surface area contributed by atoms with E-state index in [-0.39, 0.29) is 31.5 Å². The van der Waals surface area contributed by atoms with Crippen LogP contribution in [0.1, 0.15) is 25.8 Å². The van der Waals surface area contributed by atoms with Gasteiger partial charge in [0.2, 0.25) is 11.8 Å². The molecule has 6 heteroatoms. The maximum atomic E-state index is 12.1. The molecular weight excluding hydrogens is 284 g/mol. The second-order valence-corrected chi connectivity index (χ2v) is 5.11. The maximum absolute atomic E-state index is 12.1. The van der Waals surface area contributed by atoms with Crippen molar-refractivity contribution in [1.29, 1.82) is 0 Å². The van der Waals surface area contributed by atoms with Crippen LogP contribution < -0.4 is 5.32 Å². The van der Waals surface area contributed by atoms with Gasteiger partial charge < -0.3 is 15.3 Å². The number of carbonyl (C=O) groups excluding carboxylic acids is 2. The van der Waals surface area contributed by atoms with E-state index in [1.165, 1.54) is 4.90 Å². The van der Waals surface area contributed by atoms with E-state index in [9.17, 15) is 14.4 Å². The summed E-state index contributed by atoms with van der Waals surface area (Å²) in [6.07, 6.45) is 0.841. The first-order valence-corrected chi connectivity index (χ1v) is 7.26. The highest BCUT2D eigenvalue weighted by Crippen LogP contribution is 2.04. The molecule has 1 rings (SSSR count). The van der Waals surface area contributed by atoms with Gasteiger partial charge in [0.05, 0.1) is 13.0 Å². The molecule has 1 unspecified atom stereocenters. The van der Waals surface area contributed by atoms with Crippen molar-refractivity contribution in [3.8, 4) is 0 Å². The van der Waals surface area contributed by atoms with Gasteiger partial charge in [-0.15, -0.1) is 0 Å². The van der Waals surface area contributed by atoms with Crippen molar-refractivity contribution in [1.82, 2.24) is 10.2 Å². The van der Waals surface area contributed by atoms with Gasteiger partial charge in [0.25, 0.3) is 0 Å². The van der Waals surface area contributed by atoms with Gasteiger partial charge in [-0.3, -0.25) is 14.4 Å². The van der Waals surface area contributed by atoms with Crippen LogP contribution in [0.4, 0.5) is 0 Å². The van der Waals surface area contributed by atoms with Gasteiger partial charge in [-0.25, -0.2) is 0 Å². The Morgan fingerprint density at radius 1 is 1.23 bits per heavy atom. The molecule has 0 heterocycles. The Labute approximate surface area is 130 Å². The van der Waals surface area contributed by atoms with Gasteiger partial charge in [-0.1, -0.05) is 37.3 Å². The van der Waals surface area contributed by atoms with Crippen LogP contribution in [-0.2, 0) is 20.8 Å². The first-order chi connectivity index (χ1) is 10.4. The molecule has 0 aromatic heterocycles. The van der Waals surface area contributed by atoms with Crippen LogP contribution in [0.15, 0.2) is 30.3 Å². The first kappa shape index (κ1) is 17.7. The number of hydrogen-bond donors (Lipinski definition) is 2. The summed E-state index contributed by atoms with van der Waals surface area (Å²) in [5, 5.41) is 11.4. The predicted octanol–water partition coefficient (Wildman–Crippen LogP) is 1.06. The van der Waals surface area contributed by atoms with Gasteiger partial charge in [-0.2, -0.15) is 0 Å². The second kappa shape index (κ2) is 8.81. The minimum absolute atomic E-state index is 0.186. The largest absolute Gasteiger partial charge is 0.480 e. The molecule has 2 amide bonds. The fourth-order valence-corrected chi connectivity index (χ4v) is 1.98. The van der Waals surface area contributed by atoms with Crippen LogP contribution in [0.5, 0.6) is 0 Å². The van der Waals surface area contributed by atoms with Crippen molar-refractivity contribution in [3.05, 3.63) is 35.9 Å². The lowest BCUT2D eigenvalue weighted by molar-refractivity contribution is -0.145. The van der Waals surface area contributed by atoms with Crippen LogP contribution in [0.25, 0.3) is 0 Å². The maximum Gasteiger partial charge on any atom is 0.323 e. The van der Waals surface area contributed by atoms with E-state index < -0.39 is 11.9 Å². The van der Waals surface area contributed by atoms with E-state index in [1.807, 2.05) is 37.3 Å². The lowest BCUT2D eigenvalue weighted by Gasteiger charge is -2.27. The smallest absolute Gasteiger partial charge is 0.323 e. The van der Waals surface area contributed by atoms with Gasteiger partial charge >= 0.3 is 5.97 Å². The number of nitrogens with zero attached hydrogens (tertiary/aromatic N) is 1. The van der Waals surface area contributed by atoms with Gasteiger partial charge in [0.1, 0.15) is 6.54 Å². The van der Waals surface area contributed by atoms with Crippen LogP contribution in [0.2, 0.25) is 0 Å². The second-order valence-electron chi connectivity index (χ2n) is 5.11. The third-order valence-corrected chi connectivity index (χ3v) is 3.39. The minimum Gasteiger partial charge on any atom is -0.480 e. The van der Waals surface area contributed by atoms with Crippen LogP contribution >= 0.6 is 0 Å². The quantitative estimate of drug-likeness (QED) is 0.752. The summed E-state index contributed by atoms with van der Waals surface area (Å²) in [6, 6.07) is 9.01. The molecule has 0 bridgehead atoms. The summed E-state index contributed by atoms with van der Waals surface area (Å²) in [7, 11) is 0. The fraction of sp³-hybridized carbons (Fsp3) is 0.438. The summed E-state index contributed by atoms with van der Waals surface area (Å²) < 4.78 is 0. The average molecular weight is 306 g/mol. The van der Waals surface area contributed by atoms with Crippen molar-refractivity contribution in [2.45, 2.75) is 32.7 Å². The highest BCUT2D eigenvalue weighted by molar-refractivity contribution is 5.87. The molecule has 1 aromatic rings. The summed E-state index contributed by atoms with van der Waals surface area (Å²) in [5.41, 5.74) is 0.858. The standard InChI is InChI=1S/C16H22N2O4/c1-3-12(2)18(11-16(21)22)15(20)10-17-14(19)9-13-7-5-4-6-8-13/h4-8,12H,3,9-11H2,1-2H3,(H,17,19)(H,21,22). The molecule has 0 spiro atoms. The number of nitrogens with one attached hydrogen (secondary N) is 1. The zero-order chi connectivity index (χ0) is 16.5. The topological polar surface area (TPSA) is 86.7 Å². The predicted molar refractivity (Wildman–Crippen MR) is 82.3 cm³/mol. The number of rotatable bonds is 8. The SMILES string of the molecule is CCC(C)N(CC(=O)O)C(=O)CNC(=O)Cc1ccccc1. The number of aliphatic carboxylic acids is 1. The van der Waals surface area contributed by atoms with E-state index >= 15 is 0 Å². The summed E-state index contributed by atoms with van der Waals surface area (Å²) in [4.78, 5) is 36.0. The van der Waals surface area contributed by atoms with Crippen molar-refractivity contribution in [2.75, 3.05) is 13.1 Å². The minimum atomic E-state index is -1.07. The lowest BCUT2D eigenvalue weighted by atomic mass is 10.1. The van der Waals surface area contributed by atoms with Gasteiger partial charge in [0, 0.05) is 6.04 Å². The molecule has 0 fully saturated rings. The van der Waals surface area contributed by atoms with Crippen LogP contribution in [0, 0.1) is 0 Å². The zero-order valence-corrected chi connectivity index (χ0v) is 12.9. The van der Waals surface area contributed by atoms with Crippen molar-refractivity contribution >= 4 is 17.8 Å². The van der Waals surface area contributed by atoms with E-state index in [0.29, 0.717) is 6.42 Å². The Hall–Kier alpha value is -2.37. The molecule has 0 saturated heterocycles. The molecule has 0 aliphatic carbocycles. The summed E-state index contributed by atoms with van der Waals surface area (Å²) in [6.45, 7) is 3.11. The highest BCUT2D eigenvalue weighted by atomic mass is 16.4. The Morgan fingerprint density at radius 3 is 2.41 bits per heavy atom. The molecule has 0 aliphatic heterocycles. The Bertz CT molecular complexity index is 516. The monoisotopic (exact) mass is 306 g/mol. The fourth-order valence-electron chi connectivity index (χ4n) is 1.98. The Morgan fingerprint density at radius 2 is 1.86 bits per heavy atom. The molecule has 22 heavy (non-hydrogen) atoms. The van der Waals surface area contributed by atoms with E-state index in [1.54, 1.807) is 6.92 Å². The van der Waals surface area contributed by atoms with Crippen molar-refractivity contribution in [3.63, 3.8) is 0 Å². The number of carbonyl (C=O) groups is 3. The molecule has 1 aromatic carbocycles. The number of hydrogen-bond acceptors (Lipinski definition) is 3. The van der Waals surface area contributed by atoms with E-state index in [2.05, 4.69) is 5.32 Å². The van der Waals surface area contributed by atoms with E-state index in [0.717, 1.165) is 5.56 Å². The number of carboxylic acid groups (broad SMARTS) is 1. The van der Waals surface area contributed by atoms with E-state index in [4.69, 9.17) is 5.11 Å². The number of benzene rings is 1. The molecule has 0 saturated carbocycles. The molecule has 2 N–H and O–H groups in total. The van der Waals surface area contributed by atoms with Crippen LogP contribution in [-0.4, -0.2) is 46.9 Å². The number of carboxylic acids is 1. The lowest BCUT2D eigenvalue weighted by Crippen LogP contribution is -2.46. The average Bonchev–Trinajstić information content (AvgIpc) is 2.50. The first-order valence-electron chi connectivity index (χ1n) is 7.26. The normalized spacial score (nSPS) is 11.5. The number of amides is 2. The van der Waals surface area contributed by atoms with Crippen molar-refractivity contribution < 1.29 is 19.5 Å². The van der Waals surface area contributed by atoms with Gasteiger partial charge in [-0.05, 0) is 18.9 Å². The highest BCUT2D eigenvalue weighted by Gasteiger charge is 2.21. The third-order valence-electron chi connectivity index (χ3n) is 3.39. The molecule has 0 aliphatic rings. The van der Waals surface area contributed by atoms with Gasteiger partial charge in [0.15, 0.2) is 0 Å². The Kier molecular flexibility index (Phi) is 7.08. The van der Waals surface area contributed by atoms with Crippen molar-refractivity contribution in [2.24, 2.45) is 0 Å². The molecular formula is C16H22N2O4. The molecule has 0 radical (unpaired) electrons. The summed E-state index contributed by atoms with van der Waals surface area (Å²) in [5.74, 6) is -1.72. The van der Waals surface area contributed by atoms with Crippen LogP contribution in [0.3, 0.4) is 0 Å². The molecule has 6 nitrogen and oxygen atoms in total. The Balaban J connectivity index is 2.51. The molecule has 1 atom stereocenters.